The summed E-state index contributed by atoms with van der Waals surface area (Å²) in [6.07, 6.45) is 1.76. The summed E-state index contributed by atoms with van der Waals surface area (Å²) in [6, 6.07) is 18.6. The summed E-state index contributed by atoms with van der Waals surface area (Å²) in [5, 5.41) is 0. The minimum absolute atomic E-state index is 0.0228. The molecule has 0 aliphatic rings. The molecule has 0 bridgehead atoms. The van der Waals surface area contributed by atoms with Gasteiger partial charge >= 0.3 is 0 Å². The van der Waals surface area contributed by atoms with Gasteiger partial charge in [0.25, 0.3) is 0 Å². The Bertz CT molecular complexity index is 502. The molecule has 92 valence electrons. The van der Waals surface area contributed by atoms with E-state index in [1.54, 1.807) is 6.08 Å². The maximum absolute atomic E-state index is 5.93. The van der Waals surface area contributed by atoms with Crippen molar-refractivity contribution in [2.24, 2.45) is 0 Å². The van der Waals surface area contributed by atoms with Gasteiger partial charge in [0.15, 0.2) is 0 Å². The average Bonchev–Trinajstić information content (AvgIpc) is 2.42. The van der Waals surface area contributed by atoms with Gasteiger partial charge in [0.2, 0.25) is 0 Å². The second kappa shape index (κ2) is 6.18. The fraction of sp³-hybridized carbons (Fsp3) is 0.176. The molecule has 2 rings (SSSR count). The maximum Gasteiger partial charge on any atom is 0.108 e. The molecule has 0 unspecified atom stereocenters. The second-order valence-corrected chi connectivity index (χ2v) is 4.27. The van der Waals surface area contributed by atoms with Crippen LogP contribution in [0, 0.1) is 6.92 Å². The van der Waals surface area contributed by atoms with E-state index >= 15 is 0 Å². The summed E-state index contributed by atoms with van der Waals surface area (Å²) in [5.41, 5.74) is 3.63. The lowest BCUT2D eigenvalue weighted by Crippen LogP contribution is -2.07. The molecule has 0 fully saturated rings. The highest BCUT2D eigenvalue weighted by Gasteiger charge is 2.15. The molecular weight excluding hydrogens is 220 g/mol. The van der Waals surface area contributed by atoms with Gasteiger partial charge in [0, 0.05) is 0 Å². The summed E-state index contributed by atoms with van der Waals surface area (Å²) in [6.45, 7) is 6.38. The summed E-state index contributed by atoms with van der Waals surface area (Å²) in [5.74, 6) is 0. The first-order chi connectivity index (χ1) is 8.83. The molecule has 0 amide bonds. The normalized spacial score (nSPS) is 12.1. The molecule has 0 saturated heterocycles. The zero-order valence-electron chi connectivity index (χ0n) is 10.7. The number of benzene rings is 2. The monoisotopic (exact) mass is 238 g/mol. The molecule has 0 heterocycles. The summed E-state index contributed by atoms with van der Waals surface area (Å²) in [7, 11) is 0. The number of aryl methyl sites for hydroxylation is 1. The van der Waals surface area contributed by atoms with Crippen molar-refractivity contribution in [3.05, 3.63) is 83.9 Å². The van der Waals surface area contributed by atoms with Gasteiger partial charge < -0.3 is 4.74 Å². The van der Waals surface area contributed by atoms with Gasteiger partial charge in [-0.05, 0) is 23.6 Å². The first kappa shape index (κ1) is 12.6. The van der Waals surface area contributed by atoms with Crippen molar-refractivity contribution < 1.29 is 4.74 Å². The fourth-order valence-electron chi connectivity index (χ4n) is 2.04. The molecule has 0 saturated carbocycles. The van der Waals surface area contributed by atoms with Gasteiger partial charge in [-0.3, -0.25) is 0 Å². The Morgan fingerprint density at radius 1 is 1.06 bits per heavy atom. The lowest BCUT2D eigenvalue weighted by Gasteiger charge is -2.20. The second-order valence-electron chi connectivity index (χ2n) is 4.27. The smallest absolute Gasteiger partial charge is 0.108 e. The van der Waals surface area contributed by atoms with Crippen molar-refractivity contribution in [2.75, 3.05) is 6.61 Å². The summed E-state index contributed by atoms with van der Waals surface area (Å²) in [4.78, 5) is 0. The van der Waals surface area contributed by atoms with Gasteiger partial charge in [0.1, 0.15) is 6.10 Å². The molecule has 1 heteroatoms. The zero-order valence-corrected chi connectivity index (χ0v) is 10.7. The Morgan fingerprint density at radius 2 is 1.72 bits per heavy atom. The van der Waals surface area contributed by atoms with Crippen LogP contribution in [-0.4, -0.2) is 6.61 Å². The van der Waals surface area contributed by atoms with Crippen LogP contribution in [0.15, 0.2) is 67.3 Å². The van der Waals surface area contributed by atoms with E-state index in [4.69, 9.17) is 4.74 Å². The SMILES string of the molecule is C=CCO[C@H](c1ccccc1)c1ccccc1C. The molecule has 18 heavy (non-hydrogen) atoms. The van der Waals surface area contributed by atoms with Crippen molar-refractivity contribution in [3.8, 4) is 0 Å². The molecule has 2 aromatic rings. The van der Waals surface area contributed by atoms with E-state index in [9.17, 15) is 0 Å². The highest BCUT2D eigenvalue weighted by atomic mass is 16.5. The van der Waals surface area contributed by atoms with Crippen molar-refractivity contribution in [3.63, 3.8) is 0 Å². The Labute approximate surface area is 109 Å². The zero-order chi connectivity index (χ0) is 12.8. The number of hydrogen-bond donors (Lipinski definition) is 0. The first-order valence-electron chi connectivity index (χ1n) is 6.16. The van der Waals surface area contributed by atoms with Gasteiger partial charge in [-0.15, -0.1) is 6.58 Å². The standard InChI is InChI=1S/C17H18O/c1-3-13-18-17(15-10-5-4-6-11-15)16-12-8-7-9-14(16)2/h3-12,17H,1,13H2,2H3/t17-/m1/s1. The molecule has 0 aliphatic carbocycles. The van der Waals surface area contributed by atoms with Gasteiger partial charge in [-0.2, -0.15) is 0 Å². The number of rotatable bonds is 5. The average molecular weight is 238 g/mol. The van der Waals surface area contributed by atoms with Crippen LogP contribution in [0.1, 0.15) is 22.8 Å². The van der Waals surface area contributed by atoms with E-state index in [0.717, 1.165) is 0 Å². The largest absolute Gasteiger partial charge is 0.365 e. The van der Waals surface area contributed by atoms with Crippen LogP contribution in [0.4, 0.5) is 0 Å². The van der Waals surface area contributed by atoms with Crippen LogP contribution in [0.2, 0.25) is 0 Å². The fourth-order valence-corrected chi connectivity index (χ4v) is 2.04. The lowest BCUT2D eigenvalue weighted by atomic mass is 9.97. The molecule has 0 aromatic heterocycles. The Balaban J connectivity index is 2.37. The van der Waals surface area contributed by atoms with Crippen molar-refractivity contribution >= 4 is 0 Å². The first-order valence-corrected chi connectivity index (χ1v) is 6.16. The van der Waals surface area contributed by atoms with Crippen LogP contribution < -0.4 is 0 Å². The molecule has 0 aliphatic heterocycles. The predicted octanol–water partition coefficient (Wildman–Crippen LogP) is 4.29. The molecule has 0 spiro atoms. The Morgan fingerprint density at radius 3 is 2.39 bits per heavy atom. The van der Waals surface area contributed by atoms with Crippen LogP contribution >= 0.6 is 0 Å². The van der Waals surface area contributed by atoms with E-state index in [0.29, 0.717) is 6.61 Å². The number of ether oxygens (including phenoxy) is 1. The van der Waals surface area contributed by atoms with Gasteiger partial charge in [0.05, 0.1) is 6.61 Å². The van der Waals surface area contributed by atoms with Crippen molar-refractivity contribution in [1.29, 1.82) is 0 Å². The third kappa shape index (κ3) is 2.88. The maximum atomic E-state index is 5.93. The molecule has 1 nitrogen and oxygen atoms in total. The Kier molecular flexibility index (Phi) is 4.32. The molecule has 0 radical (unpaired) electrons. The summed E-state index contributed by atoms with van der Waals surface area (Å²) >= 11 is 0. The van der Waals surface area contributed by atoms with E-state index in [1.807, 2.05) is 24.3 Å². The summed E-state index contributed by atoms with van der Waals surface area (Å²) < 4.78 is 5.93. The minimum Gasteiger partial charge on any atom is -0.365 e. The highest BCUT2D eigenvalue weighted by molar-refractivity contribution is 5.35. The van der Waals surface area contributed by atoms with Gasteiger partial charge in [-0.25, -0.2) is 0 Å². The molecule has 0 N–H and O–H groups in total. The van der Waals surface area contributed by atoms with E-state index in [2.05, 4.69) is 43.8 Å². The molecule has 1 atom stereocenters. The topological polar surface area (TPSA) is 9.23 Å². The van der Waals surface area contributed by atoms with Crippen LogP contribution in [0.5, 0.6) is 0 Å². The quantitative estimate of drug-likeness (QED) is 0.706. The van der Waals surface area contributed by atoms with Crippen LogP contribution in [0.25, 0.3) is 0 Å². The Hall–Kier alpha value is -1.86. The van der Waals surface area contributed by atoms with E-state index in [1.165, 1.54) is 16.7 Å². The molecule has 2 aromatic carbocycles. The van der Waals surface area contributed by atoms with Crippen molar-refractivity contribution in [2.45, 2.75) is 13.0 Å². The predicted molar refractivity (Wildman–Crippen MR) is 75.6 cm³/mol. The van der Waals surface area contributed by atoms with E-state index < -0.39 is 0 Å². The van der Waals surface area contributed by atoms with Gasteiger partial charge in [-0.1, -0.05) is 60.7 Å². The highest BCUT2D eigenvalue weighted by Crippen LogP contribution is 2.28. The van der Waals surface area contributed by atoms with Crippen LogP contribution in [0.3, 0.4) is 0 Å². The lowest BCUT2D eigenvalue weighted by molar-refractivity contribution is 0.104. The van der Waals surface area contributed by atoms with E-state index in [-0.39, 0.29) is 6.10 Å². The minimum atomic E-state index is -0.0228. The third-order valence-electron chi connectivity index (χ3n) is 2.95. The van der Waals surface area contributed by atoms with Crippen molar-refractivity contribution in [1.82, 2.24) is 0 Å². The van der Waals surface area contributed by atoms with Crippen LogP contribution in [-0.2, 0) is 4.74 Å². The third-order valence-corrected chi connectivity index (χ3v) is 2.95. The molecular formula is C17H18O. The number of hydrogen-bond acceptors (Lipinski definition) is 1.